The Kier molecular flexibility index (Phi) is 4.47. The van der Waals surface area contributed by atoms with Gasteiger partial charge in [-0.3, -0.25) is 4.79 Å². The Morgan fingerprint density at radius 2 is 1.92 bits per heavy atom. The summed E-state index contributed by atoms with van der Waals surface area (Å²) in [5.41, 5.74) is 4.07. The van der Waals surface area contributed by atoms with Crippen molar-refractivity contribution in [1.82, 2.24) is 0 Å². The van der Waals surface area contributed by atoms with Gasteiger partial charge in [-0.15, -0.1) is 0 Å². The maximum absolute atomic E-state index is 12.9. The number of carbonyl (C=O) groups excluding carboxylic acids is 2. The molecule has 4 heteroatoms. The lowest BCUT2D eigenvalue weighted by Gasteiger charge is -2.17. The van der Waals surface area contributed by atoms with Gasteiger partial charge in [-0.1, -0.05) is 42.0 Å². The second kappa shape index (κ2) is 6.71. The van der Waals surface area contributed by atoms with Crippen LogP contribution in [0.5, 0.6) is 0 Å². The van der Waals surface area contributed by atoms with Crippen LogP contribution in [0.2, 0.25) is 0 Å². The van der Waals surface area contributed by atoms with E-state index in [1.807, 2.05) is 55.5 Å². The lowest BCUT2D eigenvalue weighted by molar-refractivity contribution is -0.137. The Labute approximate surface area is 141 Å². The molecule has 0 spiro atoms. The first-order valence-electron chi connectivity index (χ1n) is 7.95. The second-order valence-corrected chi connectivity index (χ2v) is 5.71. The van der Waals surface area contributed by atoms with Crippen LogP contribution in [0.25, 0.3) is 5.57 Å². The fraction of sp³-hybridized carbons (Fsp3) is 0.200. The Hall–Kier alpha value is -2.88. The van der Waals surface area contributed by atoms with Gasteiger partial charge >= 0.3 is 5.97 Å². The highest BCUT2D eigenvalue weighted by Gasteiger charge is 2.33. The van der Waals surface area contributed by atoms with E-state index in [9.17, 15) is 9.59 Å². The predicted octanol–water partition coefficient (Wildman–Crippen LogP) is 3.49. The second-order valence-electron chi connectivity index (χ2n) is 5.71. The van der Waals surface area contributed by atoms with E-state index in [0.717, 1.165) is 22.4 Å². The molecule has 0 radical (unpaired) electrons. The van der Waals surface area contributed by atoms with E-state index in [0.29, 0.717) is 12.1 Å². The van der Waals surface area contributed by atoms with Crippen molar-refractivity contribution in [2.75, 3.05) is 11.5 Å². The fourth-order valence-corrected chi connectivity index (χ4v) is 2.84. The third-order valence-corrected chi connectivity index (χ3v) is 3.94. The summed E-state index contributed by atoms with van der Waals surface area (Å²) in [6.07, 6.45) is 1.30. The standard InChI is InChI=1S/C20H19NO3/c1-3-24-19(22)12-17-16-11-14(2)9-10-18(16)21(20(17)23)13-15-7-5-4-6-8-15/h4-12H,3,13H2,1-2H3. The molecule has 2 aromatic carbocycles. The van der Waals surface area contributed by atoms with E-state index in [1.54, 1.807) is 11.8 Å². The number of amides is 1. The zero-order valence-electron chi connectivity index (χ0n) is 13.8. The number of anilines is 1. The molecule has 0 N–H and O–H groups in total. The van der Waals surface area contributed by atoms with E-state index in [2.05, 4.69) is 0 Å². The van der Waals surface area contributed by atoms with Crippen LogP contribution in [0.15, 0.2) is 54.6 Å². The van der Waals surface area contributed by atoms with Gasteiger partial charge in [-0.05, 0) is 31.5 Å². The number of rotatable bonds is 4. The largest absolute Gasteiger partial charge is 0.463 e. The number of fused-ring (bicyclic) bond motifs is 1. The smallest absolute Gasteiger partial charge is 0.331 e. The molecule has 1 amide bonds. The fourth-order valence-electron chi connectivity index (χ4n) is 2.84. The molecule has 1 aliphatic rings. The number of hydrogen-bond acceptors (Lipinski definition) is 3. The molecule has 0 bridgehead atoms. The summed E-state index contributed by atoms with van der Waals surface area (Å²) < 4.78 is 4.96. The zero-order valence-corrected chi connectivity index (χ0v) is 13.8. The Balaban J connectivity index is 2.01. The summed E-state index contributed by atoms with van der Waals surface area (Å²) in [6.45, 7) is 4.46. The molecule has 3 rings (SSSR count). The van der Waals surface area contributed by atoms with Crippen molar-refractivity contribution < 1.29 is 14.3 Å². The average molecular weight is 321 g/mol. The summed E-state index contributed by atoms with van der Waals surface area (Å²) in [6, 6.07) is 15.6. The molecular formula is C20H19NO3. The Morgan fingerprint density at radius 1 is 1.17 bits per heavy atom. The lowest BCUT2D eigenvalue weighted by atomic mass is 10.0. The van der Waals surface area contributed by atoms with Crippen molar-refractivity contribution in [3.8, 4) is 0 Å². The van der Waals surface area contributed by atoms with Crippen LogP contribution in [0.1, 0.15) is 23.6 Å². The van der Waals surface area contributed by atoms with Crippen molar-refractivity contribution >= 4 is 23.1 Å². The molecule has 2 aromatic rings. The Morgan fingerprint density at radius 3 is 2.62 bits per heavy atom. The van der Waals surface area contributed by atoms with Gasteiger partial charge in [0, 0.05) is 11.6 Å². The number of nitrogens with zero attached hydrogens (tertiary/aromatic N) is 1. The van der Waals surface area contributed by atoms with Gasteiger partial charge in [0.1, 0.15) is 0 Å². The number of aryl methyl sites for hydroxylation is 1. The molecule has 24 heavy (non-hydrogen) atoms. The van der Waals surface area contributed by atoms with Gasteiger partial charge in [0.2, 0.25) is 0 Å². The van der Waals surface area contributed by atoms with E-state index in [4.69, 9.17) is 4.74 Å². The molecule has 0 fully saturated rings. The molecule has 1 aliphatic heterocycles. The van der Waals surface area contributed by atoms with E-state index in [-0.39, 0.29) is 12.5 Å². The molecule has 0 atom stereocenters. The first kappa shape index (κ1) is 16.0. The lowest BCUT2D eigenvalue weighted by Crippen LogP contribution is -2.25. The first-order chi connectivity index (χ1) is 11.6. The van der Waals surface area contributed by atoms with Crippen LogP contribution in [0.4, 0.5) is 5.69 Å². The van der Waals surface area contributed by atoms with Crippen molar-refractivity contribution in [3.05, 3.63) is 71.3 Å². The minimum atomic E-state index is -0.491. The van der Waals surface area contributed by atoms with Gasteiger partial charge in [-0.25, -0.2) is 4.79 Å². The number of ether oxygens (including phenoxy) is 1. The third-order valence-electron chi connectivity index (χ3n) is 3.94. The van der Waals surface area contributed by atoms with E-state index < -0.39 is 5.97 Å². The maximum Gasteiger partial charge on any atom is 0.331 e. The molecule has 122 valence electrons. The Bertz CT molecular complexity index is 809. The maximum atomic E-state index is 12.9. The van der Waals surface area contributed by atoms with Gasteiger partial charge in [-0.2, -0.15) is 0 Å². The van der Waals surface area contributed by atoms with Crippen LogP contribution in [0.3, 0.4) is 0 Å². The van der Waals surface area contributed by atoms with Gasteiger partial charge in [0.05, 0.1) is 24.4 Å². The number of carbonyl (C=O) groups is 2. The molecule has 0 aliphatic carbocycles. The van der Waals surface area contributed by atoms with Crippen molar-refractivity contribution in [1.29, 1.82) is 0 Å². The third kappa shape index (κ3) is 3.08. The summed E-state index contributed by atoms with van der Waals surface area (Å²) >= 11 is 0. The summed E-state index contributed by atoms with van der Waals surface area (Å²) in [5, 5.41) is 0. The van der Waals surface area contributed by atoms with Crippen LogP contribution in [0, 0.1) is 6.92 Å². The van der Waals surface area contributed by atoms with Crippen LogP contribution in [-0.2, 0) is 20.9 Å². The molecule has 0 saturated carbocycles. The molecule has 0 aromatic heterocycles. The van der Waals surface area contributed by atoms with E-state index >= 15 is 0 Å². The minimum absolute atomic E-state index is 0.174. The van der Waals surface area contributed by atoms with Crippen LogP contribution >= 0.6 is 0 Å². The SMILES string of the molecule is CCOC(=O)C=C1C(=O)N(Cc2ccccc2)c2ccc(C)cc21. The van der Waals surface area contributed by atoms with Crippen molar-refractivity contribution in [3.63, 3.8) is 0 Å². The predicted molar refractivity (Wildman–Crippen MR) is 93.4 cm³/mol. The summed E-state index contributed by atoms with van der Waals surface area (Å²) in [7, 11) is 0. The highest BCUT2D eigenvalue weighted by Crippen LogP contribution is 2.38. The number of hydrogen-bond donors (Lipinski definition) is 0. The number of benzene rings is 2. The summed E-state index contributed by atoms with van der Waals surface area (Å²) in [4.78, 5) is 26.4. The minimum Gasteiger partial charge on any atom is -0.463 e. The number of esters is 1. The molecule has 1 heterocycles. The van der Waals surface area contributed by atoms with Crippen LogP contribution in [-0.4, -0.2) is 18.5 Å². The van der Waals surface area contributed by atoms with E-state index in [1.165, 1.54) is 6.08 Å². The molecule has 4 nitrogen and oxygen atoms in total. The quantitative estimate of drug-likeness (QED) is 0.640. The van der Waals surface area contributed by atoms with Gasteiger partial charge in [0.15, 0.2) is 0 Å². The normalized spacial score (nSPS) is 14.8. The average Bonchev–Trinajstić information content (AvgIpc) is 2.81. The zero-order chi connectivity index (χ0) is 17.1. The molecule has 0 saturated heterocycles. The van der Waals surface area contributed by atoms with Crippen LogP contribution < -0.4 is 4.90 Å². The van der Waals surface area contributed by atoms with Crippen molar-refractivity contribution in [2.24, 2.45) is 0 Å². The van der Waals surface area contributed by atoms with Gasteiger partial charge < -0.3 is 9.64 Å². The summed E-state index contributed by atoms with van der Waals surface area (Å²) in [5.74, 6) is -0.664. The topological polar surface area (TPSA) is 46.6 Å². The molecular weight excluding hydrogens is 302 g/mol. The molecule has 0 unspecified atom stereocenters. The van der Waals surface area contributed by atoms with Gasteiger partial charge in [0.25, 0.3) is 5.91 Å². The highest BCUT2D eigenvalue weighted by atomic mass is 16.5. The monoisotopic (exact) mass is 321 g/mol. The van der Waals surface area contributed by atoms with Crippen molar-refractivity contribution in [2.45, 2.75) is 20.4 Å². The first-order valence-corrected chi connectivity index (χ1v) is 7.95. The highest BCUT2D eigenvalue weighted by molar-refractivity contribution is 6.34.